The third-order valence-corrected chi connectivity index (χ3v) is 7.10. The zero-order valence-corrected chi connectivity index (χ0v) is 17.0. The summed E-state index contributed by atoms with van der Waals surface area (Å²) in [4.78, 5) is 3.87. The highest BCUT2D eigenvalue weighted by atomic mass is 35.5. The van der Waals surface area contributed by atoms with E-state index in [9.17, 15) is 21.6 Å². The van der Waals surface area contributed by atoms with Gasteiger partial charge in [-0.15, -0.1) is 0 Å². The lowest BCUT2D eigenvalue weighted by Gasteiger charge is -2.13. The molecule has 0 aliphatic carbocycles. The normalized spacial score (nSPS) is 14.1. The molecule has 0 fully saturated rings. The number of thioether (sulfide) groups is 1. The summed E-state index contributed by atoms with van der Waals surface area (Å²) in [6.45, 7) is 0.855. The summed E-state index contributed by atoms with van der Waals surface area (Å²) in [5.74, 6) is 0.959. The average Bonchev–Trinajstić information content (AvgIpc) is 3.22. The van der Waals surface area contributed by atoms with Gasteiger partial charge in [0.15, 0.2) is 5.16 Å². The second-order valence-corrected chi connectivity index (χ2v) is 9.40. The van der Waals surface area contributed by atoms with E-state index in [0.29, 0.717) is 17.3 Å². The maximum Gasteiger partial charge on any atom is 0.416 e. The zero-order chi connectivity index (χ0) is 20.8. The van der Waals surface area contributed by atoms with Crippen LogP contribution in [0, 0.1) is 0 Å². The largest absolute Gasteiger partial charge is 0.416 e. The van der Waals surface area contributed by atoms with Crippen LogP contribution in [0.5, 0.6) is 0 Å². The summed E-state index contributed by atoms with van der Waals surface area (Å²) >= 11 is 7.50. The Labute approximate surface area is 174 Å². The molecule has 2 aromatic carbocycles. The molecular weight excluding hydrogens is 447 g/mol. The number of sulfonamides is 1. The van der Waals surface area contributed by atoms with Gasteiger partial charge in [0.1, 0.15) is 4.90 Å². The van der Waals surface area contributed by atoms with Crippen LogP contribution >= 0.6 is 23.4 Å². The Balaban J connectivity index is 1.65. The summed E-state index contributed by atoms with van der Waals surface area (Å²) in [6.07, 6.45) is -2.80. The van der Waals surface area contributed by atoms with E-state index in [1.807, 2.05) is 10.8 Å². The molecule has 0 unspecified atom stereocenters. The Morgan fingerprint density at radius 1 is 1.17 bits per heavy atom. The molecule has 1 aliphatic heterocycles. The van der Waals surface area contributed by atoms with E-state index < -0.39 is 26.7 Å². The zero-order valence-electron chi connectivity index (χ0n) is 14.6. The van der Waals surface area contributed by atoms with Gasteiger partial charge in [0.05, 0.1) is 16.3 Å². The van der Waals surface area contributed by atoms with Crippen molar-refractivity contribution in [3.8, 4) is 11.3 Å². The van der Waals surface area contributed by atoms with Crippen molar-refractivity contribution in [3.05, 3.63) is 59.2 Å². The average molecular weight is 460 g/mol. The minimum absolute atomic E-state index is 0.191. The molecule has 11 heteroatoms. The molecule has 1 aliphatic rings. The molecule has 5 nitrogen and oxygen atoms in total. The van der Waals surface area contributed by atoms with E-state index in [-0.39, 0.29) is 10.7 Å². The van der Waals surface area contributed by atoms with Gasteiger partial charge in [-0.3, -0.25) is 4.72 Å². The lowest BCUT2D eigenvalue weighted by atomic mass is 10.1. The van der Waals surface area contributed by atoms with E-state index in [4.69, 9.17) is 11.6 Å². The number of imidazole rings is 1. The van der Waals surface area contributed by atoms with Gasteiger partial charge in [-0.2, -0.15) is 13.2 Å². The van der Waals surface area contributed by atoms with Crippen LogP contribution in [0.25, 0.3) is 11.3 Å². The first-order valence-electron chi connectivity index (χ1n) is 8.33. The molecule has 0 atom stereocenters. The van der Waals surface area contributed by atoms with Crippen LogP contribution in [0.1, 0.15) is 5.56 Å². The monoisotopic (exact) mass is 459 g/mol. The number of fused-ring (bicyclic) bond motifs is 1. The Morgan fingerprint density at radius 3 is 2.69 bits per heavy atom. The number of nitrogens with one attached hydrogen (secondary N) is 1. The highest BCUT2D eigenvalue weighted by Crippen LogP contribution is 2.34. The molecular formula is C18H13ClF3N3O2S2. The Morgan fingerprint density at radius 2 is 1.97 bits per heavy atom. The van der Waals surface area contributed by atoms with Crippen LogP contribution in [0.15, 0.2) is 58.7 Å². The SMILES string of the molecule is O=S(=O)(Nc1cccc(-c2cn3c(n2)SCC3)c1)c1cc(C(F)(F)F)ccc1Cl. The second kappa shape index (κ2) is 7.26. The third-order valence-electron chi connectivity index (χ3n) is 4.26. The summed E-state index contributed by atoms with van der Waals surface area (Å²) in [5.41, 5.74) is 0.464. The molecule has 0 bridgehead atoms. The van der Waals surface area contributed by atoms with Crippen LogP contribution < -0.4 is 4.72 Å². The molecule has 3 aromatic rings. The molecule has 1 N–H and O–H groups in total. The molecule has 0 spiro atoms. The number of benzene rings is 2. The van der Waals surface area contributed by atoms with Crippen molar-refractivity contribution >= 4 is 39.1 Å². The van der Waals surface area contributed by atoms with Crippen molar-refractivity contribution in [2.45, 2.75) is 22.8 Å². The smallest absolute Gasteiger partial charge is 0.325 e. The molecule has 0 saturated heterocycles. The number of halogens is 4. The first-order chi connectivity index (χ1) is 13.6. The maximum absolute atomic E-state index is 13.0. The maximum atomic E-state index is 13.0. The topological polar surface area (TPSA) is 64.0 Å². The first-order valence-corrected chi connectivity index (χ1v) is 11.2. The van der Waals surface area contributed by atoms with Gasteiger partial charge >= 0.3 is 6.18 Å². The van der Waals surface area contributed by atoms with E-state index in [1.54, 1.807) is 30.0 Å². The van der Waals surface area contributed by atoms with Crippen LogP contribution in [-0.2, 0) is 22.7 Å². The number of hydrogen-bond acceptors (Lipinski definition) is 4. The van der Waals surface area contributed by atoms with Gasteiger partial charge in [0.2, 0.25) is 0 Å². The molecule has 2 heterocycles. The van der Waals surface area contributed by atoms with Crippen LogP contribution in [0.3, 0.4) is 0 Å². The van der Waals surface area contributed by atoms with E-state index in [1.165, 1.54) is 6.07 Å². The third kappa shape index (κ3) is 4.10. The number of aromatic nitrogens is 2. The molecule has 0 radical (unpaired) electrons. The molecule has 0 amide bonds. The second-order valence-electron chi connectivity index (χ2n) is 6.28. The van der Waals surface area contributed by atoms with Crippen molar-refractivity contribution in [3.63, 3.8) is 0 Å². The number of aryl methyl sites for hydroxylation is 1. The first kappa shape index (κ1) is 20.1. The van der Waals surface area contributed by atoms with Gasteiger partial charge in [-0.25, -0.2) is 13.4 Å². The Kier molecular flexibility index (Phi) is 5.04. The van der Waals surface area contributed by atoms with Crippen molar-refractivity contribution in [2.24, 2.45) is 0 Å². The fourth-order valence-corrected chi connectivity index (χ4v) is 5.41. The molecule has 4 rings (SSSR count). The highest BCUT2D eigenvalue weighted by molar-refractivity contribution is 7.99. The Hall–Kier alpha value is -2.17. The lowest BCUT2D eigenvalue weighted by Crippen LogP contribution is -2.15. The van der Waals surface area contributed by atoms with Gasteiger partial charge in [-0.05, 0) is 30.3 Å². The molecule has 1 aromatic heterocycles. The summed E-state index contributed by atoms with van der Waals surface area (Å²) in [7, 11) is -4.33. The Bertz CT molecular complexity index is 1170. The summed E-state index contributed by atoms with van der Waals surface area (Å²) < 4.78 is 68.5. The predicted octanol–water partition coefficient (Wildman–Crippen LogP) is 5.13. The van der Waals surface area contributed by atoms with E-state index in [2.05, 4.69) is 9.71 Å². The molecule has 29 heavy (non-hydrogen) atoms. The fourth-order valence-electron chi connectivity index (χ4n) is 2.89. The van der Waals surface area contributed by atoms with Crippen molar-refractivity contribution in [2.75, 3.05) is 10.5 Å². The minimum Gasteiger partial charge on any atom is -0.325 e. The molecule has 152 valence electrons. The van der Waals surface area contributed by atoms with E-state index >= 15 is 0 Å². The van der Waals surface area contributed by atoms with Gasteiger partial charge < -0.3 is 4.57 Å². The molecule has 0 saturated carbocycles. The number of alkyl halides is 3. The number of anilines is 1. The van der Waals surface area contributed by atoms with Crippen molar-refractivity contribution < 1.29 is 21.6 Å². The van der Waals surface area contributed by atoms with Gasteiger partial charge in [-0.1, -0.05) is 35.5 Å². The van der Waals surface area contributed by atoms with Crippen molar-refractivity contribution in [1.82, 2.24) is 9.55 Å². The van der Waals surface area contributed by atoms with Crippen LogP contribution in [0.2, 0.25) is 5.02 Å². The number of nitrogens with zero attached hydrogens (tertiary/aromatic N) is 2. The number of rotatable bonds is 4. The standard InChI is InChI=1S/C18H13ClF3N3O2S2/c19-14-5-4-12(18(20,21)22)9-16(14)29(26,27)24-13-3-1-2-11(8-13)15-10-25-6-7-28-17(25)23-15/h1-5,8-10,24H,6-7H2. The van der Waals surface area contributed by atoms with Crippen LogP contribution in [0.4, 0.5) is 18.9 Å². The highest BCUT2D eigenvalue weighted by Gasteiger charge is 2.32. The lowest BCUT2D eigenvalue weighted by molar-refractivity contribution is -0.137. The van der Waals surface area contributed by atoms with Crippen molar-refractivity contribution in [1.29, 1.82) is 0 Å². The fraction of sp³-hybridized carbons (Fsp3) is 0.167. The summed E-state index contributed by atoms with van der Waals surface area (Å²) in [5, 5.41) is 0.589. The summed E-state index contributed by atoms with van der Waals surface area (Å²) in [6, 6.07) is 8.66. The van der Waals surface area contributed by atoms with Gasteiger partial charge in [0, 0.05) is 29.7 Å². The van der Waals surface area contributed by atoms with Gasteiger partial charge in [0.25, 0.3) is 10.0 Å². The van der Waals surface area contributed by atoms with E-state index in [0.717, 1.165) is 29.6 Å². The number of hydrogen-bond donors (Lipinski definition) is 1. The predicted molar refractivity (Wildman–Crippen MR) is 106 cm³/mol. The van der Waals surface area contributed by atoms with Crippen LogP contribution in [-0.4, -0.2) is 23.7 Å². The minimum atomic E-state index is -4.69. The quantitative estimate of drug-likeness (QED) is 0.587.